The van der Waals surface area contributed by atoms with Crippen molar-refractivity contribution in [1.29, 1.82) is 0 Å². The lowest BCUT2D eigenvalue weighted by Gasteiger charge is -2.19. The minimum absolute atomic E-state index is 0.242. The van der Waals surface area contributed by atoms with Gasteiger partial charge in [-0.1, -0.05) is 0 Å². The predicted octanol–water partition coefficient (Wildman–Crippen LogP) is -0.340. The zero-order valence-electron chi connectivity index (χ0n) is 9.53. The van der Waals surface area contributed by atoms with Crippen LogP contribution >= 0.6 is 0 Å². The van der Waals surface area contributed by atoms with Crippen LogP contribution in [0.15, 0.2) is 0 Å². The molecular formula is C10H24N2O2. The van der Waals surface area contributed by atoms with Crippen LogP contribution in [0.2, 0.25) is 0 Å². The second-order valence-corrected chi connectivity index (χ2v) is 4.09. The zero-order chi connectivity index (χ0) is 11.0. The van der Waals surface area contributed by atoms with E-state index in [1.165, 1.54) is 0 Å². The van der Waals surface area contributed by atoms with E-state index in [1.807, 2.05) is 19.0 Å². The number of hydrogen-bond donors (Lipinski definition) is 3. The molecular weight excluding hydrogens is 180 g/mol. The van der Waals surface area contributed by atoms with Gasteiger partial charge in [-0.05, 0) is 33.9 Å². The summed E-state index contributed by atoms with van der Waals surface area (Å²) < 4.78 is 0. The zero-order valence-corrected chi connectivity index (χ0v) is 9.53. The van der Waals surface area contributed by atoms with Crippen molar-refractivity contribution in [3.05, 3.63) is 0 Å². The van der Waals surface area contributed by atoms with Gasteiger partial charge in [0.05, 0.1) is 6.10 Å². The van der Waals surface area contributed by atoms with Gasteiger partial charge >= 0.3 is 0 Å². The summed E-state index contributed by atoms with van der Waals surface area (Å²) in [6, 6.07) is 0.360. The molecule has 2 unspecified atom stereocenters. The maximum absolute atomic E-state index is 9.54. The number of nitrogens with zero attached hydrogens (tertiary/aromatic N) is 1. The van der Waals surface area contributed by atoms with Crippen molar-refractivity contribution in [3.63, 3.8) is 0 Å². The molecule has 0 aliphatic heterocycles. The van der Waals surface area contributed by atoms with Gasteiger partial charge in [0.2, 0.25) is 0 Å². The Kier molecular flexibility index (Phi) is 8.08. The highest BCUT2D eigenvalue weighted by molar-refractivity contribution is 4.66. The first kappa shape index (κ1) is 13.8. The Morgan fingerprint density at radius 2 is 2.00 bits per heavy atom. The monoisotopic (exact) mass is 204 g/mol. The molecule has 4 nitrogen and oxygen atoms in total. The summed E-state index contributed by atoms with van der Waals surface area (Å²) in [5.74, 6) is 0. The van der Waals surface area contributed by atoms with Crippen molar-refractivity contribution in [2.24, 2.45) is 0 Å². The van der Waals surface area contributed by atoms with Gasteiger partial charge in [-0.15, -0.1) is 0 Å². The fourth-order valence-corrected chi connectivity index (χ4v) is 1.32. The Bertz CT molecular complexity index is 131. The van der Waals surface area contributed by atoms with Gasteiger partial charge in [-0.25, -0.2) is 0 Å². The third kappa shape index (κ3) is 8.44. The molecule has 0 saturated carbocycles. The molecule has 0 heterocycles. The first-order valence-corrected chi connectivity index (χ1v) is 5.23. The van der Waals surface area contributed by atoms with E-state index in [-0.39, 0.29) is 12.7 Å². The first-order valence-electron chi connectivity index (χ1n) is 5.23. The molecule has 0 saturated heterocycles. The van der Waals surface area contributed by atoms with Gasteiger partial charge in [0, 0.05) is 25.7 Å². The van der Waals surface area contributed by atoms with Crippen LogP contribution in [0.25, 0.3) is 0 Å². The molecule has 0 rings (SSSR count). The van der Waals surface area contributed by atoms with Gasteiger partial charge in [0.15, 0.2) is 0 Å². The molecule has 0 aromatic carbocycles. The van der Waals surface area contributed by atoms with Gasteiger partial charge in [0.25, 0.3) is 0 Å². The summed E-state index contributed by atoms with van der Waals surface area (Å²) in [4.78, 5) is 1.96. The Balaban J connectivity index is 3.40. The van der Waals surface area contributed by atoms with Crippen molar-refractivity contribution in [2.45, 2.75) is 31.9 Å². The molecule has 3 N–H and O–H groups in total. The van der Waals surface area contributed by atoms with Crippen LogP contribution in [0, 0.1) is 0 Å². The molecule has 0 aromatic rings. The van der Waals surface area contributed by atoms with Gasteiger partial charge in [-0.3, -0.25) is 0 Å². The summed E-state index contributed by atoms with van der Waals surface area (Å²) in [6.07, 6.45) is 1.45. The number of aliphatic hydroxyl groups is 2. The molecule has 14 heavy (non-hydrogen) atoms. The third-order valence-corrected chi connectivity index (χ3v) is 2.07. The normalized spacial score (nSPS) is 15.9. The summed E-state index contributed by atoms with van der Waals surface area (Å²) in [5.41, 5.74) is 0. The van der Waals surface area contributed by atoms with Gasteiger partial charge in [-0.2, -0.15) is 0 Å². The fraction of sp³-hybridized carbons (Fsp3) is 1.00. The average Bonchev–Trinajstić information content (AvgIpc) is 2.10. The highest BCUT2D eigenvalue weighted by Gasteiger charge is 2.07. The number of nitrogens with one attached hydrogen (secondary N) is 1. The molecule has 86 valence electrons. The van der Waals surface area contributed by atoms with Crippen LogP contribution in [0.5, 0.6) is 0 Å². The average molecular weight is 204 g/mol. The van der Waals surface area contributed by atoms with E-state index in [2.05, 4.69) is 12.2 Å². The van der Waals surface area contributed by atoms with Crippen molar-refractivity contribution in [3.8, 4) is 0 Å². The van der Waals surface area contributed by atoms with Crippen molar-refractivity contribution in [1.82, 2.24) is 10.2 Å². The lowest BCUT2D eigenvalue weighted by atomic mass is 10.2. The summed E-state index contributed by atoms with van der Waals surface area (Å²) in [6.45, 7) is 3.61. The van der Waals surface area contributed by atoms with E-state index >= 15 is 0 Å². The molecule has 0 aliphatic rings. The summed E-state index contributed by atoms with van der Waals surface area (Å²) in [5, 5.41) is 21.4. The van der Waals surface area contributed by atoms with E-state index in [1.54, 1.807) is 0 Å². The van der Waals surface area contributed by atoms with E-state index in [9.17, 15) is 5.11 Å². The van der Waals surface area contributed by atoms with Crippen LogP contribution in [-0.2, 0) is 0 Å². The van der Waals surface area contributed by atoms with Crippen molar-refractivity contribution in [2.75, 3.05) is 33.8 Å². The second kappa shape index (κ2) is 8.17. The van der Waals surface area contributed by atoms with E-state index in [4.69, 9.17) is 5.11 Å². The molecule has 2 atom stereocenters. The van der Waals surface area contributed by atoms with E-state index in [0.29, 0.717) is 19.1 Å². The highest BCUT2D eigenvalue weighted by Crippen LogP contribution is 1.95. The third-order valence-electron chi connectivity index (χ3n) is 2.07. The smallest absolute Gasteiger partial charge is 0.0791 e. The number of aliphatic hydroxyl groups excluding tert-OH is 2. The van der Waals surface area contributed by atoms with Gasteiger partial charge in [0.1, 0.15) is 0 Å². The quantitative estimate of drug-likeness (QED) is 0.506. The minimum Gasteiger partial charge on any atom is -0.396 e. The Labute approximate surface area is 86.9 Å². The lowest BCUT2D eigenvalue weighted by molar-refractivity contribution is 0.131. The topological polar surface area (TPSA) is 55.7 Å². The van der Waals surface area contributed by atoms with Crippen LogP contribution < -0.4 is 5.32 Å². The summed E-state index contributed by atoms with van der Waals surface area (Å²) >= 11 is 0. The Morgan fingerprint density at radius 1 is 1.36 bits per heavy atom. The second-order valence-electron chi connectivity index (χ2n) is 4.09. The molecule has 0 bridgehead atoms. The molecule has 0 aromatic heterocycles. The van der Waals surface area contributed by atoms with E-state index < -0.39 is 0 Å². The van der Waals surface area contributed by atoms with E-state index in [0.717, 1.165) is 12.8 Å². The summed E-state index contributed by atoms with van der Waals surface area (Å²) in [7, 11) is 3.89. The SMILES string of the molecule is CC(CCCO)NCC(O)CN(C)C. The lowest BCUT2D eigenvalue weighted by Crippen LogP contribution is -2.38. The molecule has 0 radical (unpaired) electrons. The standard InChI is InChI=1S/C10H24N2O2/c1-9(5-4-6-13)11-7-10(14)8-12(2)3/h9-11,13-14H,4-8H2,1-3H3. The Hall–Kier alpha value is -0.160. The van der Waals surface area contributed by atoms with Crippen LogP contribution in [0.4, 0.5) is 0 Å². The fourth-order valence-electron chi connectivity index (χ4n) is 1.32. The maximum Gasteiger partial charge on any atom is 0.0791 e. The van der Waals surface area contributed by atoms with Crippen LogP contribution in [-0.4, -0.2) is 61.1 Å². The van der Waals surface area contributed by atoms with Gasteiger partial charge < -0.3 is 20.4 Å². The molecule has 0 spiro atoms. The van der Waals surface area contributed by atoms with Crippen molar-refractivity contribution >= 4 is 0 Å². The molecule has 0 aliphatic carbocycles. The molecule has 0 amide bonds. The maximum atomic E-state index is 9.54. The van der Waals surface area contributed by atoms with Crippen molar-refractivity contribution < 1.29 is 10.2 Å². The Morgan fingerprint density at radius 3 is 2.50 bits per heavy atom. The first-order chi connectivity index (χ1) is 6.56. The highest BCUT2D eigenvalue weighted by atomic mass is 16.3. The number of likely N-dealkylation sites (N-methyl/N-ethyl adjacent to an activating group) is 1. The largest absolute Gasteiger partial charge is 0.396 e. The van der Waals surface area contributed by atoms with Crippen LogP contribution in [0.1, 0.15) is 19.8 Å². The molecule has 0 fully saturated rings. The number of hydrogen-bond acceptors (Lipinski definition) is 4. The molecule has 4 heteroatoms. The minimum atomic E-state index is -0.318. The predicted molar refractivity (Wildman–Crippen MR) is 58.3 cm³/mol. The number of rotatable bonds is 8. The van der Waals surface area contributed by atoms with Crippen LogP contribution in [0.3, 0.4) is 0 Å².